The molecule has 1 aromatic heterocycles. The van der Waals surface area contributed by atoms with Crippen LogP contribution in [0.3, 0.4) is 0 Å². The summed E-state index contributed by atoms with van der Waals surface area (Å²) in [6, 6.07) is 5.33. The number of amides is 1. The summed E-state index contributed by atoms with van der Waals surface area (Å²) in [6.45, 7) is 0.621. The molecule has 3 N–H and O–H groups in total. The van der Waals surface area contributed by atoms with Crippen molar-refractivity contribution in [1.82, 2.24) is 10.3 Å². The largest absolute Gasteiger partial charge is 0.480 e. The molecule has 0 bridgehead atoms. The van der Waals surface area contributed by atoms with Gasteiger partial charge in [0.25, 0.3) is 5.91 Å². The number of carbonyl (C=O) groups excluding carboxylic acids is 2. The van der Waals surface area contributed by atoms with Crippen LogP contribution in [0.2, 0.25) is 10.0 Å². The predicted molar refractivity (Wildman–Crippen MR) is 123 cm³/mol. The van der Waals surface area contributed by atoms with Crippen LogP contribution < -0.4 is 10.6 Å². The van der Waals surface area contributed by atoms with Crippen molar-refractivity contribution in [3.05, 3.63) is 69.4 Å². The maximum absolute atomic E-state index is 14.3. The van der Waals surface area contributed by atoms with Crippen molar-refractivity contribution in [3.63, 3.8) is 0 Å². The van der Waals surface area contributed by atoms with E-state index < -0.39 is 34.9 Å². The van der Waals surface area contributed by atoms with Crippen LogP contribution in [0.1, 0.15) is 28.8 Å². The summed E-state index contributed by atoms with van der Waals surface area (Å²) in [6.07, 6.45) is 3.27. The normalized spacial score (nSPS) is 17.8. The van der Waals surface area contributed by atoms with E-state index in [-0.39, 0.29) is 27.7 Å². The van der Waals surface area contributed by atoms with Gasteiger partial charge in [0.05, 0.1) is 26.7 Å². The average molecular weight is 508 g/mol. The van der Waals surface area contributed by atoms with Crippen molar-refractivity contribution in [3.8, 4) is 0 Å². The number of ether oxygens (including phenoxy) is 1. The minimum Gasteiger partial charge on any atom is -0.480 e. The average Bonchev–Trinajstić information content (AvgIpc) is 2.82. The van der Waals surface area contributed by atoms with Crippen LogP contribution in [0.25, 0.3) is 0 Å². The summed E-state index contributed by atoms with van der Waals surface area (Å²) in [4.78, 5) is 40.4. The number of hydrogen-bond donors (Lipinski definition) is 3. The summed E-state index contributed by atoms with van der Waals surface area (Å²) < 4.78 is 19.6. The van der Waals surface area contributed by atoms with Gasteiger partial charge in [0.15, 0.2) is 5.83 Å². The highest BCUT2D eigenvalue weighted by Gasteiger charge is 2.56. The van der Waals surface area contributed by atoms with E-state index in [0.717, 1.165) is 0 Å². The number of carboxylic acids is 1. The van der Waals surface area contributed by atoms with E-state index >= 15 is 0 Å². The lowest BCUT2D eigenvalue weighted by molar-refractivity contribution is -0.141. The second kappa shape index (κ2) is 9.69. The van der Waals surface area contributed by atoms with Crippen LogP contribution in [-0.4, -0.2) is 47.0 Å². The summed E-state index contributed by atoms with van der Waals surface area (Å²) in [5.41, 5.74) is 0.176. The summed E-state index contributed by atoms with van der Waals surface area (Å²) >= 11 is 12.0. The number of pyridine rings is 1. The van der Waals surface area contributed by atoms with Gasteiger partial charge in [-0.2, -0.15) is 0 Å². The Morgan fingerprint density at radius 2 is 1.76 bits per heavy atom. The molecule has 34 heavy (non-hydrogen) atoms. The number of nitrogens with one attached hydrogen (secondary N) is 2. The molecular formula is C23H20Cl2FN3O5. The lowest BCUT2D eigenvalue weighted by Gasteiger charge is -2.44. The van der Waals surface area contributed by atoms with E-state index in [1.807, 2.05) is 0 Å². The molecule has 11 heteroatoms. The molecule has 1 spiro atoms. The molecule has 1 aromatic carbocycles. The van der Waals surface area contributed by atoms with Gasteiger partial charge in [0, 0.05) is 37.7 Å². The summed E-state index contributed by atoms with van der Waals surface area (Å²) in [5, 5.41) is 15.3. The van der Waals surface area contributed by atoms with E-state index in [2.05, 4.69) is 15.6 Å². The Bertz CT molecular complexity index is 1160. The second-order valence-electron chi connectivity index (χ2n) is 8.08. The molecular weight excluding hydrogens is 488 g/mol. The molecule has 1 fully saturated rings. The highest BCUT2D eigenvalue weighted by Crippen LogP contribution is 2.49. The van der Waals surface area contributed by atoms with Crippen LogP contribution in [0, 0.1) is 5.41 Å². The first-order chi connectivity index (χ1) is 16.2. The molecule has 8 nitrogen and oxygen atoms in total. The number of halogens is 3. The van der Waals surface area contributed by atoms with E-state index in [1.165, 1.54) is 12.4 Å². The third-order valence-corrected chi connectivity index (χ3v) is 6.60. The molecule has 2 aliphatic rings. The number of nitrogens with zero attached hydrogens (tertiary/aromatic N) is 1. The van der Waals surface area contributed by atoms with Gasteiger partial charge < -0.3 is 20.5 Å². The van der Waals surface area contributed by atoms with Gasteiger partial charge in [-0.3, -0.25) is 14.6 Å². The fraction of sp³-hybridized carbons (Fsp3) is 0.304. The number of rotatable bonds is 7. The van der Waals surface area contributed by atoms with E-state index in [1.54, 1.807) is 24.3 Å². The molecule has 0 radical (unpaired) electrons. The first-order valence-electron chi connectivity index (χ1n) is 10.4. The standard InChI is InChI=1S/C23H20Cl2FN3O5/c24-14-10-27-11-15(25)17(14)21(31)28-13-3-1-12(2-4-13)9-16(22(32)33)29-19-18(26)20(30)23(19)5-7-34-8-6-23/h1-4,10-11,16,29H,5-9H2,(H,28,31)(H,32,33)/t16-/m0/s1. The molecule has 1 amide bonds. The lowest BCUT2D eigenvalue weighted by atomic mass is 9.65. The van der Waals surface area contributed by atoms with Gasteiger partial charge in [-0.25, -0.2) is 9.18 Å². The van der Waals surface area contributed by atoms with Gasteiger partial charge in [-0.1, -0.05) is 35.3 Å². The number of carboxylic acid groups (broad SMARTS) is 1. The number of aliphatic carboxylic acids is 1. The number of hydrogen-bond acceptors (Lipinski definition) is 6. The zero-order chi connectivity index (χ0) is 24.5. The minimum atomic E-state index is -1.18. The van der Waals surface area contributed by atoms with Crippen molar-refractivity contribution in [1.29, 1.82) is 0 Å². The van der Waals surface area contributed by atoms with Crippen LogP contribution in [-0.2, 0) is 20.7 Å². The molecule has 2 heterocycles. The second-order valence-corrected chi connectivity index (χ2v) is 8.90. The molecule has 4 rings (SSSR count). The van der Waals surface area contributed by atoms with Crippen molar-refractivity contribution < 1.29 is 28.6 Å². The Kier molecular flexibility index (Phi) is 6.88. The quantitative estimate of drug-likeness (QED) is 0.521. The van der Waals surface area contributed by atoms with Crippen molar-refractivity contribution in [2.45, 2.75) is 25.3 Å². The van der Waals surface area contributed by atoms with Crippen LogP contribution in [0.5, 0.6) is 0 Å². The van der Waals surface area contributed by atoms with Crippen molar-refractivity contribution >= 4 is 46.5 Å². The maximum Gasteiger partial charge on any atom is 0.326 e. The van der Waals surface area contributed by atoms with E-state index in [4.69, 9.17) is 27.9 Å². The van der Waals surface area contributed by atoms with Gasteiger partial charge in [0.1, 0.15) is 6.04 Å². The van der Waals surface area contributed by atoms with Gasteiger partial charge in [-0.05, 0) is 30.5 Å². The molecule has 0 saturated carbocycles. The number of benzene rings is 1. The molecule has 1 aliphatic heterocycles. The third kappa shape index (κ3) is 4.51. The molecule has 0 unspecified atom stereocenters. The Balaban J connectivity index is 1.45. The van der Waals surface area contributed by atoms with E-state index in [0.29, 0.717) is 37.3 Å². The number of anilines is 1. The summed E-state index contributed by atoms with van der Waals surface area (Å²) in [5.74, 6) is -3.22. The lowest BCUT2D eigenvalue weighted by Crippen LogP contribution is -2.55. The SMILES string of the molecule is O=C(Nc1ccc(C[C@H](NC2=C(F)C(=O)C23CCOCC3)C(=O)O)cc1)c1c(Cl)cncc1Cl. The smallest absolute Gasteiger partial charge is 0.326 e. The first kappa shape index (κ1) is 24.1. The Hall–Kier alpha value is -3.01. The fourth-order valence-corrected chi connectivity index (χ4v) is 4.68. The Morgan fingerprint density at radius 3 is 2.35 bits per heavy atom. The van der Waals surface area contributed by atoms with Crippen molar-refractivity contribution in [2.75, 3.05) is 18.5 Å². The monoisotopic (exact) mass is 507 g/mol. The van der Waals surface area contributed by atoms with Crippen LogP contribution >= 0.6 is 23.2 Å². The van der Waals surface area contributed by atoms with Crippen molar-refractivity contribution in [2.24, 2.45) is 5.41 Å². The topological polar surface area (TPSA) is 118 Å². The molecule has 1 atom stereocenters. The number of carbonyl (C=O) groups is 3. The number of ketones is 1. The first-order valence-corrected chi connectivity index (χ1v) is 11.2. The minimum absolute atomic E-state index is 0.0309. The van der Waals surface area contributed by atoms with Gasteiger partial charge in [-0.15, -0.1) is 0 Å². The highest BCUT2D eigenvalue weighted by atomic mass is 35.5. The van der Waals surface area contributed by atoms with E-state index in [9.17, 15) is 23.9 Å². The zero-order valence-electron chi connectivity index (χ0n) is 17.7. The third-order valence-electron chi connectivity index (χ3n) is 6.03. The Morgan fingerprint density at radius 1 is 1.15 bits per heavy atom. The predicted octanol–water partition coefficient (Wildman–Crippen LogP) is 3.79. The maximum atomic E-state index is 14.3. The zero-order valence-corrected chi connectivity index (χ0v) is 19.3. The van der Waals surface area contributed by atoms with Gasteiger partial charge in [0.2, 0.25) is 5.78 Å². The number of allylic oxidation sites excluding steroid dienone is 2. The highest BCUT2D eigenvalue weighted by molar-refractivity contribution is 6.40. The van der Waals surface area contributed by atoms with Gasteiger partial charge >= 0.3 is 5.97 Å². The Labute approximate surface area is 204 Å². The molecule has 178 valence electrons. The fourth-order valence-electron chi connectivity index (χ4n) is 4.14. The van der Waals surface area contributed by atoms with Crippen LogP contribution in [0.15, 0.2) is 48.2 Å². The number of Topliss-reactive ketones (excluding diaryl/α,β-unsaturated/α-hetero) is 1. The molecule has 1 aliphatic carbocycles. The molecule has 2 aromatic rings. The number of aromatic nitrogens is 1. The van der Waals surface area contributed by atoms with Crippen LogP contribution in [0.4, 0.5) is 10.1 Å². The summed E-state index contributed by atoms with van der Waals surface area (Å²) in [7, 11) is 0. The molecule has 1 saturated heterocycles.